The van der Waals surface area contributed by atoms with Gasteiger partial charge in [-0.15, -0.1) is 0 Å². The van der Waals surface area contributed by atoms with E-state index in [4.69, 9.17) is 21.1 Å². The molecule has 0 radical (unpaired) electrons. The van der Waals surface area contributed by atoms with Crippen LogP contribution in [0.15, 0.2) is 24.3 Å². The molecule has 1 fully saturated rings. The van der Waals surface area contributed by atoms with Crippen molar-refractivity contribution < 1.29 is 19.0 Å². The molecule has 1 saturated heterocycles. The second-order valence-corrected chi connectivity index (χ2v) is 4.50. The quantitative estimate of drug-likeness (QED) is 0.787. The van der Waals surface area contributed by atoms with Crippen molar-refractivity contribution in [1.82, 2.24) is 0 Å². The molecular formula is C13H15ClO4. The number of methoxy groups -OCH3 is 1. The fraction of sp³-hybridized carbons (Fsp3) is 0.462. The summed E-state index contributed by atoms with van der Waals surface area (Å²) in [6, 6.07) is 7.56. The summed E-state index contributed by atoms with van der Waals surface area (Å²) in [5, 5.41) is 0.695. The minimum absolute atomic E-state index is 0.218. The van der Waals surface area contributed by atoms with Gasteiger partial charge >= 0.3 is 5.97 Å². The number of hydrogen-bond donors (Lipinski definition) is 0. The van der Waals surface area contributed by atoms with Crippen molar-refractivity contribution >= 4 is 17.6 Å². The van der Waals surface area contributed by atoms with Crippen molar-refractivity contribution in [3.8, 4) is 0 Å². The van der Waals surface area contributed by atoms with Crippen LogP contribution < -0.4 is 0 Å². The Balaban J connectivity index is 1.86. The smallest absolute Gasteiger partial charge is 0.308 e. The van der Waals surface area contributed by atoms with Gasteiger partial charge in [-0.2, -0.15) is 0 Å². The van der Waals surface area contributed by atoms with Gasteiger partial charge in [-0.25, -0.2) is 0 Å². The monoisotopic (exact) mass is 270 g/mol. The van der Waals surface area contributed by atoms with Crippen LogP contribution in [0.5, 0.6) is 0 Å². The van der Waals surface area contributed by atoms with Crippen LogP contribution in [0.2, 0.25) is 5.02 Å². The second-order valence-electron chi connectivity index (χ2n) is 4.10. The lowest BCUT2D eigenvalue weighted by atomic mass is 10.1. The number of benzene rings is 1. The molecule has 1 aliphatic heterocycles. The van der Waals surface area contributed by atoms with Gasteiger partial charge in [0.15, 0.2) is 6.29 Å². The molecule has 0 aliphatic carbocycles. The first-order valence-electron chi connectivity index (χ1n) is 5.76. The maximum Gasteiger partial charge on any atom is 0.308 e. The zero-order valence-corrected chi connectivity index (χ0v) is 10.9. The number of rotatable bonds is 4. The molecule has 1 heterocycles. The predicted molar refractivity (Wildman–Crippen MR) is 66.4 cm³/mol. The van der Waals surface area contributed by atoms with Crippen molar-refractivity contribution in [1.29, 1.82) is 0 Å². The van der Waals surface area contributed by atoms with Crippen molar-refractivity contribution in [3.63, 3.8) is 0 Å². The Morgan fingerprint density at radius 1 is 1.50 bits per heavy atom. The number of esters is 1. The molecule has 5 heteroatoms. The van der Waals surface area contributed by atoms with Gasteiger partial charge in [0, 0.05) is 11.4 Å². The molecule has 1 aliphatic rings. The Morgan fingerprint density at radius 3 is 3.00 bits per heavy atom. The van der Waals surface area contributed by atoms with E-state index in [0.717, 1.165) is 5.56 Å². The number of ether oxygens (including phenoxy) is 3. The molecule has 0 bridgehead atoms. The van der Waals surface area contributed by atoms with E-state index in [1.165, 1.54) is 7.11 Å². The maximum atomic E-state index is 11.1. The summed E-state index contributed by atoms with van der Waals surface area (Å²) in [6.45, 7) is 0.407. The molecule has 0 N–H and O–H groups in total. The van der Waals surface area contributed by atoms with Crippen LogP contribution in [0.25, 0.3) is 0 Å². The van der Waals surface area contributed by atoms with Crippen LogP contribution in [-0.4, -0.2) is 32.1 Å². The maximum absolute atomic E-state index is 11.1. The Kier molecular flexibility index (Phi) is 4.58. The van der Waals surface area contributed by atoms with E-state index in [1.807, 2.05) is 24.3 Å². The Hall–Kier alpha value is -1.10. The first-order chi connectivity index (χ1) is 8.69. The van der Waals surface area contributed by atoms with Gasteiger partial charge in [0.1, 0.15) is 0 Å². The molecule has 1 aromatic carbocycles. The average Bonchev–Trinajstić information content (AvgIpc) is 2.79. The summed E-state index contributed by atoms with van der Waals surface area (Å²) < 4.78 is 15.7. The third-order valence-electron chi connectivity index (χ3n) is 2.78. The van der Waals surface area contributed by atoms with Gasteiger partial charge in [0.05, 0.1) is 26.2 Å². The molecule has 0 amide bonds. The number of hydrogen-bond acceptors (Lipinski definition) is 4. The van der Waals surface area contributed by atoms with E-state index in [1.54, 1.807) is 0 Å². The third-order valence-corrected chi connectivity index (χ3v) is 3.15. The van der Waals surface area contributed by atoms with Gasteiger partial charge in [-0.1, -0.05) is 29.8 Å². The van der Waals surface area contributed by atoms with Crippen molar-refractivity contribution in [2.45, 2.75) is 25.2 Å². The van der Waals surface area contributed by atoms with E-state index >= 15 is 0 Å². The molecule has 1 aromatic rings. The van der Waals surface area contributed by atoms with E-state index in [-0.39, 0.29) is 24.8 Å². The second kappa shape index (κ2) is 6.18. The summed E-state index contributed by atoms with van der Waals surface area (Å²) in [7, 11) is 1.36. The summed E-state index contributed by atoms with van der Waals surface area (Å²) in [5.41, 5.74) is 0.975. The lowest BCUT2D eigenvalue weighted by molar-refractivity contribution is -0.143. The molecule has 0 aromatic heterocycles. The third kappa shape index (κ3) is 3.45. The van der Waals surface area contributed by atoms with E-state index in [2.05, 4.69) is 4.74 Å². The lowest BCUT2D eigenvalue weighted by Gasteiger charge is -2.11. The van der Waals surface area contributed by atoms with Crippen LogP contribution in [0.3, 0.4) is 0 Å². The molecule has 18 heavy (non-hydrogen) atoms. The van der Waals surface area contributed by atoms with E-state index in [0.29, 0.717) is 18.1 Å². The van der Waals surface area contributed by atoms with E-state index in [9.17, 15) is 4.79 Å². The standard InChI is InChI=1S/C13H15ClO4/c1-16-12(15)7-10-8-17-13(18-10)6-9-4-2-3-5-11(9)14/h2-5,10,13H,6-8H2,1H3. The SMILES string of the molecule is COC(=O)CC1COC(Cc2ccccc2Cl)O1. The fourth-order valence-electron chi connectivity index (χ4n) is 1.83. The van der Waals surface area contributed by atoms with Gasteiger partial charge in [0.25, 0.3) is 0 Å². The first kappa shape index (κ1) is 13.3. The number of carbonyl (C=O) groups is 1. The Bertz CT molecular complexity index is 421. The zero-order chi connectivity index (χ0) is 13.0. The summed E-state index contributed by atoms with van der Waals surface area (Å²) in [5.74, 6) is -0.290. The predicted octanol–water partition coefficient (Wildman–Crippen LogP) is 2.19. The summed E-state index contributed by atoms with van der Waals surface area (Å²) >= 11 is 6.06. The zero-order valence-electron chi connectivity index (χ0n) is 10.1. The van der Waals surface area contributed by atoms with Gasteiger partial charge in [0.2, 0.25) is 0 Å². The van der Waals surface area contributed by atoms with Gasteiger partial charge in [-0.05, 0) is 11.6 Å². The molecule has 2 unspecified atom stereocenters. The minimum Gasteiger partial charge on any atom is -0.469 e. The van der Waals surface area contributed by atoms with Crippen molar-refractivity contribution in [3.05, 3.63) is 34.9 Å². The molecule has 4 nitrogen and oxygen atoms in total. The van der Waals surface area contributed by atoms with Gasteiger partial charge < -0.3 is 14.2 Å². The average molecular weight is 271 g/mol. The summed E-state index contributed by atoms with van der Waals surface area (Å²) in [4.78, 5) is 11.1. The molecule has 2 atom stereocenters. The largest absolute Gasteiger partial charge is 0.469 e. The lowest BCUT2D eigenvalue weighted by Crippen LogP contribution is -2.18. The number of halogens is 1. The highest BCUT2D eigenvalue weighted by atomic mass is 35.5. The minimum atomic E-state index is -0.348. The van der Waals surface area contributed by atoms with Crippen molar-refractivity contribution in [2.75, 3.05) is 13.7 Å². The van der Waals surface area contributed by atoms with Crippen LogP contribution >= 0.6 is 11.6 Å². The fourth-order valence-corrected chi connectivity index (χ4v) is 2.05. The van der Waals surface area contributed by atoms with Crippen molar-refractivity contribution in [2.24, 2.45) is 0 Å². The van der Waals surface area contributed by atoms with Gasteiger partial charge in [-0.3, -0.25) is 4.79 Å². The Morgan fingerprint density at radius 2 is 2.28 bits per heavy atom. The van der Waals surface area contributed by atoms with E-state index < -0.39 is 0 Å². The topological polar surface area (TPSA) is 44.8 Å². The molecule has 98 valence electrons. The van der Waals surface area contributed by atoms with Crippen LogP contribution in [0.1, 0.15) is 12.0 Å². The highest BCUT2D eigenvalue weighted by Crippen LogP contribution is 2.22. The van der Waals surface area contributed by atoms with Crippen LogP contribution in [-0.2, 0) is 25.4 Å². The highest BCUT2D eigenvalue weighted by Gasteiger charge is 2.28. The van der Waals surface area contributed by atoms with Crippen LogP contribution in [0, 0.1) is 0 Å². The van der Waals surface area contributed by atoms with Crippen LogP contribution in [0.4, 0.5) is 0 Å². The molecule has 0 spiro atoms. The Labute approximate surface area is 111 Å². The highest BCUT2D eigenvalue weighted by molar-refractivity contribution is 6.31. The molecule has 2 rings (SSSR count). The normalized spacial score (nSPS) is 23.0. The molecular weight excluding hydrogens is 256 g/mol. The first-order valence-corrected chi connectivity index (χ1v) is 6.14. The number of carbonyl (C=O) groups excluding carboxylic acids is 1. The molecule has 0 saturated carbocycles. The summed E-state index contributed by atoms with van der Waals surface area (Å²) in [6.07, 6.45) is 0.219.